The van der Waals surface area contributed by atoms with Gasteiger partial charge in [0.15, 0.2) is 0 Å². The molecule has 0 bridgehead atoms. The van der Waals surface area contributed by atoms with Crippen LogP contribution in [-0.4, -0.2) is 41.0 Å². The summed E-state index contributed by atoms with van der Waals surface area (Å²) in [5.74, 6) is -0.322. The summed E-state index contributed by atoms with van der Waals surface area (Å²) >= 11 is 0. The molecule has 2 aromatic rings. The van der Waals surface area contributed by atoms with E-state index in [-0.39, 0.29) is 24.4 Å². The van der Waals surface area contributed by atoms with Crippen molar-refractivity contribution in [3.05, 3.63) is 64.7 Å². The predicted molar refractivity (Wildman–Crippen MR) is 103 cm³/mol. The maximum atomic E-state index is 11.4. The second-order valence-corrected chi connectivity index (χ2v) is 6.60. The van der Waals surface area contributed by atoms with Crippen LogP contribution in [0.25, 0.3) is 0 Å². The van der Waals surface area contributed by atoms with E-state index in [1.807, 2.05) is 19.1 Å². The second kappa shape index (κ2) is 10.1. The van der Waals surface area contributed by atoms with Crippen molar-refractivity contribution in [3.8, 4) is 5.75 Å². The van der Waals surface area contributed by atoms with Gasteiger partial charge in [-0.05, 0) is 55.2 Å². The fraction of sp³-hybridized carbons (Fsp3) is 0.381. The Morgan fingerprint density at radius 2 is 1.89 bits per heavy atom. The monoisotopic (exact) mass is 373 g/mol. The molecule has 146 valence electrons. The molecule has 2 unspecified atom stereocenters. The van der Waals surface area contributed by atoms with E-state index < -0.39 is 6.10 Å². The summed E-state index contributed by atoms with van der Waals surface area (Å²) in [7, 11) is 1.36. The Morgan fingerprint density at radius 3 is 2.52 bits per heavy atom. The van der Waals surface area contributed by atoms with Gasteiger partial charge in [0, 0.05) is 18.2 Å². The molecule has 0 fully saturated rings. The van der Waals surface area contributed by atoms with Crippen molar-refractivity contribution in [3.63, 3.8) is 0 Å². The topological polar surface area (TPSA) is 99.0 Å². The number of carbonyl (C=O) groups is 1. The van der Waals surface area contributed by atoms with Gasteiger partial charge in [0.05, 0.1) is 25.4 Å². The number of esters is 1. The molecule has 0 saturated heterocycles. The average Bonchev–Trinajstić information content (AvgIpc) is 2.70. The van der Waals surface area contributed by atoms with Crippen molar-refractivity contribution >= 4 is 5.97 Å². The van der Waals surface area contributed by atoms with Gasteiger partial charge in [-0.2, -0.15) is 0 Å². The minimum absolute atomic E-state index is 0.0213. The summed E-state index contributed by atoms with van der Waals surface area (Å²) in [5, 5.41) is 32.4. The van der Waals surface area contributed by atoms with Crippen molar-refractivity contribution in [1.82, 2.24) is 5.32 Å². The number of methoxy groups -OCH3 is 1. The highest BCUT2D eigenvalue weighted by Crippen LogP contribution is 2.22. The number of hydrogen-bond acceptors (Lipinski definition) is 6. The van der Waals surface area contributed by atoms with Crippen LogP contribution in [0.5, 0.6) is 5.75 Å². The molecule has 0 aliphatic rings. The van der Waals surface area contributed by atoms with E-state index in [1.165, 1.54) is 13.2 Å². The molecule has 0 radical (unpaired) electrons. The fourth-order valence-corrected chi connectivity index (χ4v) is 2.78. The zero-order valence-corrected chi connectivity index (χ0v) is 15.7. The third-order valence-electron chi connectivity index (χ3n) is 4.56. The van der Waals surface area contributed by atoms with Gasteiger partial charge in [0.2, 0.25) is 0 Å². The molecule has 0 amide bonds. The normalized spacial score (nSPS) is 13.2. The zero-order chi connectivity index (χ0) is 19.8. The van der Waals surface area contributed by atoms with Gasteiger partial charge in [0.1, 0.15) is 5.75 Å². The summed E-state index contributed by atoms with van der Waals surface area (Å²) in [5.41, 5.74) is 2.71. The molecule has 27 heavy (non-hydrogen) atoms. The van der Waals surface area contributed by atoms with Gasteiger partial charge in [-0.15, -0.1) is 0 Å². The summed E-state index contributed by atoms with van der Waals surface area (Å²) in [6, 6.07) is 12.3. The number of aliphatic hydroxyl groups excluding tert-OH is 2. The first-order valence-corrected chi connectivity index (χ1v) is 8.96. The third-order valence-corrected chi connectivity index (χ3v) is 4.56. The minimum atomic E-state index is -0.724. The number of aryl methyl sites for hydroxylation is 1. The summed E-state index contributed by atoms with van der Waals surface area (Å²) < 4.78 is 4.69. The van der Waals surface area contributed by atoms with Crippen LogP contribution in [0.15, 0.2) is 42.5 Å². The molecule has 2 aromatic carbocycles. The second-order valence-electron chi connectivity index (χ2n) is 6.60. The summed E-state index contributed by atoms with van der Waals surface area (Å²) in [6.45, 7) is 2.15. The molecule has 0 aromatic heterocycles. The number of carbonyl (C=O) groups excluding carboxylic acids is 1. The molecule has 4 N–H and O–H groups in total. The van der Waals surface area contributed by atoms with Crippen molar-refractivity contribution < 1.29 is 24.9 Å². The first-order valence-electron chi connectivity index (χ1n) is 8.96. The molecule has 2 rings (SSSR count). The van der Waals surface area contributed by atoms with E-state index in [4.69, 9.17) is 0 Å². The fourth-order valence-electron chi connectivity index (χ4n) is 2.78. The van der Waals surface area contributed by atoms with E-state index >= 15 is 0 Å². The smallest absolute Gasteiger partial charge is 0.337 e. The van der Waals surface area contributed by atoms with Crippen molar-refractivity contribution in [2.75, 3.05) is 13.7 Å². The molecule has 0 aliphatic carbocycles. The Hall–Kier alpha value is -2.41. The lowest BCUT2D eigenvalue weighted by Crippen LogP contribution is -2.30. The molecular weight excluding hydrogens is 346 g/mol. The van der Waals surface area contributed by atoms with Crippen LogP contribution in [0.4, 0.5) is 0 Å². The van der Waals surface area contributed by atoms with Crippen molar-refractivity contribution in [1.29, 1.82) is 0 Å². The van der Waals surface area contributed by atoms with Gasteiger partial charge in [-0.1, -0.05) is 18.2 Å². The highest BCUT2D eigenvalue weighted by atomic mass is 16.5. The number of phenols is 1. The maximum absolute atomic E-state index is 11.4. The lowest BCUT2D eigenvalue weighted by molar-refractivity contribution is 0.0600. The molecule has 0 saturated carbocycles. The quantitative estimate of drug-likeness (QED) is 0.504. The molecule has 0 heterocycles. The van der Waals surface area contributed by atoms with Crippen LogP contribution < -0.4 is 5.32 Å². The van der Waals surface area contributed by atoms with Gasteiger partial charge >= 0.3 is 5.97 Å². The number of hydrogen-bond donors (Lipinski definition) is 4. The lowest BCUT2D eigenvalue weighted by atomic mass is 10.0. The minimum Gasteiger partial charge on any atom is -0.508 e. The van der Waals surface area contributed by atoms with Crippen LogP contribution in [-0.2, 0) is 17.8 Å². The van der Waals surface area contributed by atoms with Crippen LogP contribution >= 0.6 is 0 Å². The standard InChI is InChI=1S/C21H27NO5/c1-14(3-4-15-5-7-16(8-6-15)21(26)27-2)22-12-20(25)17-9-10-19(24)18(11-17)13-23/h5-11,14,20,22-25H,3-4,12-13H2,1-2H3. The van der Waals surface area contributed by atoms with Gasteiger partial charge in [-0.3, -0.25) is 0 Å². The molecule has 0 spiro atoms. The SMILES string of the molecule is COC(=O)c1ccc(CCC(C)NCC(O)c2ccc(O)c(CO)c2)cc1. The number of rotatable bonds is 9. The first-order chi connectivity index (χ1) is 12.9. The number of aromatic hydroxyl groups is 1. The van der Waals surface area contributed by atoms with E-state index in [9.17, 15) is 20.1 Å². The Labute approximate surface area is 159 Å². The molecule has 6 heteroatoms. The summed E-state index contributed by atoms with van der Waals surface area (Å²) in [6.07, 6.45) is 0.999. The Bertz CT molecular complexity index is 745. The molecule has 0 aliphatic heterocycles. The van der Waals surface area contributed by atoms with Gasteiger partial charge in [-0.25, -0.2) is 4.79 Å². The Balaban J connectivity index is 1.80. The van der Waals surface area contributed by atoms with E-state index in [1.54, 1.807) is 24.3 Å². The Morgan fingerprint density at radius 1 is 1.19 bits per heavy atom. The van der Waals surface area contributed by atoms with Crippen LogP contribution in [0.3, 0.4) is 0 Å². The van der Waals surface area contributed by atoms with Crippen LogP contribution in [0.2, 0.25) is 0 Å². The van der Waals surface area contributed by atoms with E-state index in [2.05, 4.69) is 10.1 Å². The zero-order valence-electron chi connectivity index (χ0n) is 15.7. The number of benzene rings is 2. The number of aliphatic hydroxyl groups is 2. The van der Waals surface area contributed by atoms with E-state index in [0.29, 0.717) is 23.2 Å². The first kappa shape index (κ1) is 20.9. The van der Waals surface area contributed by atoms with Crippen molar-refractivity contribution in [2.24, 2.45) is 0 Å². The largest absolute Gasteiger partial charge is 0.508 e. The number of ether oxygens (including phenoxy) is 1. The summed E-state index contributed by atoms with van der Waals surface area (Å²) in [4.78, 5) is 11.4. The number of nitrogens with one attached hydrogen (secondary N) is 1. The average molecular weight is 373 g/mol. The molecule has 2 atom stereocenters. The van der Waals surface area contributed by atoms with Gasteiger partial charge in [0.25, 0.3) is 0 Å². The van der Waals surface area contributed by atoms with Crippen LogP contribution in [0, 0.1) is 0 Å². The van der Waals surface area contributed by atoms with Crippen molar-refractivity contribution in [2.45, 2.75) is 38.5 Å². The predicted octanol–water partition coefficient (Wildman–Crippen LogP) is 2.32. The molecule has 6 nitrogen and oxygen atoms in total. The van der Waals surface area contributed by atoms with E-state index in [0.717, 1.165) is 18.4 Å². The highest BCUT2D eigenvalue weighted by molar-refractivity contribution is 5.89. The Kier molecular flexibility index (Phi) is 7.79. The lowest BCUT2D eigenvalue weighted by Gasteiger charge is -2.18. The maximum Gasteiger partial charge on any atom is 0.337 e. The molecular formula is C21H27NO5. The van der Waals surface area contributed by atoms with Gasteiger partial charge < -0.3 is 25.4 Å². The third kappa shape index (κ3) is 6.06. The van der Waals surface area contributed by atoms with Crippen LogP contribution in [0.1, 0.15) is 46.5 Å². The highest BCUT2D eigenvalue weighted by Gasteiger charge is 2.12.